The van der Waals surface area contributed by atoms with Crippen LogP contribution >= 0.6 is 0 Å². The molecule has 13 heavy (non-hydrogen) atoms. The summed E-state index contributed by atoms with van der Waals surface area (Å²) in [6.07, 6.45) is -2.09. The standard InChI is InChI=1S/C4H4N2O3.CH2O3/c7-2-1-3(8)6-4(9)5-2;2-1(3)4/h1H2,(H2,5,6,7,8,9);(H2,2,3,4). The Labute approximate surface area is 71.5 Å². The highest BCUT2D eigenvalue weighted by Crippen LogP contribution is 1.85. The minimum atomic E-state index is -1.83. The molecule has 4 amide bonds. The minimum absolute atomic E-state index is 0.258. The number of barbiturate groups is 1. The molecule has 0 aromatic heterocycles. The van der Waals surface area contributed by atoms with Crippen LogP contribution in [0.25, 0.3) is 0 Å². The van der Waals surface area contributed by atoms with E-state index in [1.165, 1.54) is 0 Å². The quantitative estimate of drug-likeness (QED) is 0.361. The van der Waals surface area contributed by atoms with E-state index in [1.54, 1.807) is 0 Å². The third kappa shape index (κ3) is 6.28. The number of hydrogen-bond acceptors (Lipinski definition) is 4. The van der Waals surface area contributed by atoms with E-state index >= 15 is 0 Å². The molecule has 0 atom stereocenters. The van der Waals surface area contributed by atoms with Gasteiger partial charge in [0.15, 0.2) is 0 Å². The Kier molecular flexibility index (Phi) is 3.93. The summed E-state index contributed by atoms with van der Waals surface area (Å²) in [6.45, 7) is 0. The molecule has 0 radical (unpaired) electrons. The van der Waals surface area contributed by atoms with Crippen molar-refractivity contribution >= 4 is 24.0 Å². The number of hydrogen-bond donors (Lipinski definition) is 4. The number of imide groups is 2. The Morgan fingerprint density at radius 2 is 1.38 bits per heavy atom. The van der Waals surface area contributed by atoms with Gasteiger partial charge in [0.25, 0.3) is 0 Å². The van der Waals surface area contributed by atoms with Gasteiger partial charge in [0.2, 0.25) is 11.8 Å². The molecule has 1 fully saturated rings. The van der Waals surface area contributed by atoms with Crippen LogP contribution in [0.5, 0.6) is 0 Å². The first kappa shape index (κ1) is 10.9. The zero-order chi connectivity index (χ0) is 10.4. The van der Waals surface area contributed by atoms with Crippen molar-refractivity contribution in [1.29, 1.82) is 0 Å². The Hall–Kier alpha value is -2.12. The second kappa shape index (κ2) is 4.70. The van der Waals surface area contributed by atoms with Crippen LogP contribution in [0.1, 0.15) is 6.42 Å². The lowest BCUT2D eigenvalue weighted by molar-refractivity contribution is -0.129. The largest absolute Gasteiger partial charge is 0.503 e. The SMILES string of the molecule is O=C(O)O.O=C1CC(=O)NC(=O)N1. The summed E-state index contributed by atoms with van der Waals surface area (Å²) in [5, 5.41) is 17.7. The van der Waals surface area contributed by atoms with E-state index in [2.05, 4.69) is 0 Å². The zero-order valence-corrected chi connectivity index (χ0v) is 6.23. The summed E-state index contributed by atoms with van der Waals surface area (Å²) in [5.74, 6) is -1.10. The Morgan fingerprint density at radius 1 is 1.08 bits per heavy atom. The van der Waals surface area contributed by atoms with E-state index in [0.29, 0.717) is 0 Å². The van der Waals surface area contributed by atoms with Crippen LogP contribution in [0.4, 0.5) is 9.59 Å². The van der Waals surface area contributed by atoms with Gasteiger partial charge in [0.05, 0.1) is 0 Å². The molecule has 4 N–H and O–H groups in total. The number of urea groups is 1. The predicted octanol–water partition coefficient (Wildman–Crippen LogP) is -1.04. The van der Waals surface area contributed by atoms with E-state index in [-0.39, 0.29) is 6.42 Å². The van der Waals surface area contributed by atoms with Gasteiger partial charge in [-0.25, -0.2) is 9.59 Å². The number of rotatable bonds is 0. The van der Waals surface area contributed by atoms with Crippen LogP contribution in [0.15, 0.2) is 0 Å². The number of nitrogens with one attached hydrogen (secondary N) is 2. The molecule has 8 nitrogen and oxygen atoms in total. The first-order valence-corrected chi connectivity index (χ1v) is 2.97. The summed E-state index contributed by atoms with van der Waals surface area (Å²) >= 11 is 0. The zero-order valence-electron chi connectivity index (χ0n) is 6.23. The van der Waals surface area contributed by atoms with Crippen LogP contribution in [0.2, 0.25) is 0 Å². The third-order valence-corrected chi connectivity index (χ3v) is 0.827. The van der Waals surface area contributed by atoms with Crippen LogP contribution < -0.4 is 10.6 Å². The predicted molar refractivity (Wildman–Crippen MR) is 37.0 cm³/mol. The van der Waals surface area contributed by atoms with Crippen LogP contribution in [-0.4, -0.2) is 34.2 Å². The van der Waals surface area contributed by atoms with Crippen molar-refractivity contribution in [3.63, 3.8) is 0 Å². The van der Waals surface area contributed by atoms with Gasteiger partial charge in [0, 0.05) is 0 Å². The molecule has 72 valence electrons. The van der Waals surface area contributed by atoms with Crippen molar-refractivity contribution in [2.45, 2.75) is 6.42 Å². The average molecular weight is 190 g/mol. The molecule has 0 spiro atoms. The molecule has 1 heterocycles. The van der Waals surface area contributed by atoms with Crippen LogP contribution in [0, 0.1) is 0 Å². The highest BCUT2D eigenvalue weighted by Gasteiger charge is 2.20. The maximum absolute atomic E-state index is 10.3. The highest BCUT2D eigenvalue weighted by molar-refractivity contribution is 6.14. The summed E-state index contributed by atoms with van der Waals surface area (Å²) in [6, 6.07) is -0.740. The van der Waals surface area contributed by atoms with Gasteiger partial charge in [-0.05, 0) is 0 Å². The molecule has 1 rings (SSSR count). The molecule has 0 saturated carbocycles. The van der Waals surface area contributed by atoms with E-state index in [0.717, 1.165) is 0 Å². The van der Waals surface area contributed by atoms with Gasteiger partial charge >= 0.3 is 12.2 Å². The van der Waals surface area contributed by atoms with Gasteiger partial charge in [0.1, 0.15) is 6.42 Å². The number of carboxylic acid groups (broad SMARTS) is 2. The first-order chi connectivity index (χ1) is 5.91. The van der Waals surface area contributed by atoms with Crippen molar-refractivity contribution in [1.82, 2.24) is 10.6 Å². The Bertz CT molecular complexity index is 210. The normalized spacial score (nSPS) is 14.9. The second-order valence-electron chi connectivity index (χ2n) is 1.88. The Morgan fingerprint density at radius 3 is 1.62 bits per heavy atom. The van der Waals surface area contributed by atoms with Gasteiger partial charge in [-0.15, -0.1) is 0 Å². The molecule has 0 aliphatic carbocycles. The summed E-state index contributed by atoms with van der Waals surface area (Å²) in [7, 11) is 0. The van der Waals surface area contributed by atoms with Crippen LogP contribution in [0.3, 0.4) is 0 Å². The number of carbonyl (C=O) groups is 4. The van der Waals surface area contributed by atoms with Gasteiger partial charge < -0.3 is 10.2 Å². The average Bonchev–Trinajstić information content (AvgIpc) is 1.80. The lowest BCUT2D eigenvalue weighted by Crippen LogP contribution is -2.49. The fourth-order valence-corrected chi connectivity index (χ4v) is 0.519. The summed E-state index contributed by atoms with van der Waals surface area (Å²) < 4.78 is 0. The lowest BCUT2D eigenvalue weighted by atomic mass is 10.3. The molecular weight excluding hydrogens is 184 g/mol. The topological polar surface area (TPSA) is 133 Å². The van der Waals surface area contributed by atoms with Gasteiger partial charge in [-0.1, -0.05) is 0 Å². The van der Waals surface area contributed by atoms with Crippen molar-refractivity contribution in [3.8, 4) is 0 Å². The third-order valence-electron chi connectivity index (χ3n) is 0.827. The van der Waals surface area contributed by atoms with Crippen molar-refractivity contribution in [3.05, 3.63) is 0 Å². The highest BCUT2D eigenvalue weighted by atomic mass is 16.6. The molecular formula is C5H6N2O6. The maximum Gasteiger partial charge on any atom is 0.503 e. The Balaban J connectivity index is 0.000000310. The lowest BCUT2D eigenvalue weighted by Gasteiger charge is -2.09. The molecule has 0 unspecified atom stereocenters. The monoisotopic (exact) mass is 190 g/mol. The molecule has 0 bridgehead atoms. The molecule has 1 aliphatic rings. The van der Waals surface area contributed by atoms with Crippen molar-refractivity contribution in [2.75, 3.05) is 0 Å². The van der Waals surface area contributed by atoms with E-state index in [9.17, 15) is 14.4 Å². The van der Waals surface area contributed by atoms with E-state index in [4.69, 9.17) is 15.0 Å². The molecule has 1 saturated heterocycles. The van der Waals surface area contributed by atoms with Gasteiger partial charge in [-0.2, -0.15) is 0 Å². The number of amides is 4. The molecule has 1 aliphatic heterocycles. The summed E-state index contributed by atoms with van der Waals surface area (Å²) in [4.78, 5) is 39.4. The molecule has 0 aromatic rings. The van der Waals surface area contributed by atoms with E-state index in [1.807, 2.05) is 10.6 Å². The fourth-order valence-electron chi connectivity index (χ4n) is 0.519. The molecule has 0 aromatic carbocycles. The maximum atomic E-state index is 10.3. The van der Waals surface area contributed by atoms with Gasteiger partial charge in [-0.3, -0.25) is 20.2 Å². The fraction of sp³-hybridized carbons (Fsp3) is 0.200. The number of carbonyl (C=O) groups excluding carboxylic acids is 3. The van der Waals surface area contributed by atoms with E-state index < -0.39 is 24.0 Å². The van der Waals surface area contributed by atoms with Crippen LogP contribution in [-0.2, 0) is 9.59 Å². The minimum Gasteiger partial charge on any atom is -0.450 e. The molecule has 8 heteroatoms. The van der Waals surface area contributed by atoms with Crippen molar-refractivity contribution in [2.24, 2.45) is 0 Å². The smallest absolute Gasteiger partial charge is 0.450 e. The second-order valence-corrected chi connectivity index (χ2v) is 1.88. The van der Waals surface area contributed by atoms with Crippen molar-refractivity contribution < 1.29 is 29.4 Å². The first-order valence-electron chi connectivity index (χ1n) is 2.97. The summed E-state index contributed by atoms with van der Waals surface area (Å²) in [5.41, 5.74) is 0.